The molecule has 4 rings (SSSR count). The molecule has 0 aromatic heterocycles. The van der Waals surface area contributed by atoms with Gasteiger partial charge in [0.1, 0.15) is 5.75 Å². The van der Waals surface area contributed by atoms with Crippen molar-refractivity contribution in [3.05, 3.63) is 84.5 Å². The molecule has 0 heterocycles. The predicted octanol–water partition coefficient (Wildman–Crippen LogP) is 5.09. The van der Waals surface area contributed by atoms with Crippen molar-refractivity contribution in [1.82, 2.24) is 0 Å². The third-order valence-corrected chi connectivity index (χ3v) is 6.61. The van der Waals surface area contributed by atoms with E-state index in [0.29, 0.717) is 30.8 Å². The highest BCUT2D eigenvalue weighted by atomic mass is 16.5. The molecule has 0 spiro atoms. The molecule has 4 heteroatoms. The van der Waals surface area contributed by atoms with Crippen LogP contribution >= 0.6 is 0 Å². The first kappa shape index (κ1) is 20.1. The van der Waals surface area contributed by atoms with Gasteiger partial charge in [0.05, 0.1) is 12.0 Å². The van der Waals surface area contributed by atoms with Crippen molar-refractivity contribution >= 4 is 18.0 Å². The summed E-state index contributed by atoms with van der Waals surface area (Å²) in [4.78, 5) is 25.9. The number of carbonyl (C=O) groups is 2. The van der Waals surface area contributed by atoms with E-state index in [9.17, 15) is 9.59 Å². The first-order chi connectivity index (χ1) is 14.4. The highest BCUT2D eigenvalue weighted by Gasteiger charge is 2.70. The van der Waals surface area contributed by atoms with E-state index in [1.165, 1.54) is 0 Å². The number of esters is 2. The van der Waals surface area contributed by atoms with Crippen LogP contribution in [0.25, 0.3) is 6.08 Å². The second-order valence-corrected chi connectivity index (χ2v) is 8.25. The van der Waals surface area contributed by atoms with Crippen LogP contribution in [0.5, 0.6) is 5.75 Å². The lowest BCUT2D eigenvalue weighted by Gasteiger charge is -2.30. The summed E-state index contributed by atoms with van der Waals surface area (Å²) in [6.07, 6.45) is 3.77. The minimum absolute atomic E-state index is 0.219. The van der Waals surface area contributed by atoms with E-state index in [4.69, 9.17) is 9.47 Å². The Morgan fingerprint density at radius 3 is 2.43 bits per heavy atom. The van der Waals surface area contributed by atoms with E-state index in [-0.39, 0.29) is 11.9 Å². The molecule has 2 saturated carbocycles. The second kappa shape index (κ2) is 7.60. The smallest absolute Gasteiger partial charge is 0.339 e. The number of carbonyl (C=O) groups excluding carboxylic acids is 2. The van der Waals surface area contributed by atoms with Crippen LogP contribution in [0.1, 0.15) is 37.3 Å². The molecule has 0 bridgehead atoms. The van der Waals surface area contributed by atoms with E-state index in [1.54, 1.807) is 18.2 Å². The number of rotatable bonds is 7. The van der Waals surface area contributed by atoms with E-state index in [2.05, 4.69) is 13.2 Å². The third kappa shape index (κ3) is 3.26. The Morgan fingerprint density at radius 1 is 1.10 bits per heavy atom. The molecule has 2 aliphatic rings. The topological polar surface area (TPSA) is 52.6 Å². The van der Waals surface area contributed by atoms with Gasteiger partial charge in [-0.2, -0.15) is 0 Å². The summed E-state index contributed by atoms with van der Waals surface area (Å²) in [6.45, 7) is 9.97. The molecular formula is C26H26O4. The first-order valence-corrected chi connectivity index (χ1v) is 10.3. The summed E-state index contributed by atoms with van der Waals surface area (Å²) in [5.41, 5.74) is 1.20. The molecule has 2 aliphatic carbocycles. The van der Waals surface area contributed by atoms with Gasteiger partial charge in [0.25, 0.3) is 0 Å². The Balaban J connectivity index is 1.56. The monoisotopic (exact) mass is 402 g/mol. The number of hydrogen-bond donors (Lipinski definition) is 0. The second-order valence-electron chi connectivity index (χ2n) is 8.25. The summed E-state index contributed by atoms with van der Waals surface area (Å²) in [5, 5.41) is 0. The van der Waals surface area contributed by atoms with Gasteiger partial charge in [-0.05, 0) is 55.4 Å². The molecule has 0 saturated heterocycles. The lowest BCUT2D eigenvalue weighted by molar-refractivity contribution is -0.150. The largest absolute Gasteiger partial charge is 0.465 e. The van der Waals surface area contributed by atoms with Crippen molar-refractivity contribution in [3.8, 4) is 5.75 Å². The molecule has 30 heavy (non-hydrogen) atoms. The van der Waals surface area contributed by atoms with Crippen molar-refractivity contribution in [1.29, 1.82) is 0 Å². The van der Waals surface area contributed by atoms with Gasteiger partial charge in [-0.3, -0.25) is 4.79 Å². The average molecular weight is 402 g/mol. The van der Waals surface area contributed by atoms with Crippen LogP contribution in [0.2, 0.25) is 0 Å². The predicted molar refractivity (Wildman–Crippen MR) is 116 cm³/mol. The summed E-state index contributed by atoms with van der Waals surface area (Å²) < 4.78 is 11.0. The van der Waals surface area contributed by atoms with E-state index in [1.807, 2.05) is 49.4 Å². The maximum atomic E-state index is 13.0. The maximum Gasteiger partial charge on any atom is 0.339 e. The SMILES string of the molecule is C=Cc1ccc(OC(=O)C(=C)C23CC2CC(C(=O)OCC)(c2ccccc2)C3)cc1. The molecular weight excluding hydrogens is 376 g/mol. The van der Waals surface area contributed by atoms with Crippen molar-refractivity contribution in [2.45, 2.75) is 31.6 Å². The van der Waals surface area contributed by atoms with Gasteiger partial charge in [-0.1, -0.05) is 61.7 Å². The maximum absolute atomic E-state index is 13.0. The van der Waals surface area contributed by atoms with Crippen LogP contribution in [0.3, 0.4) is 0 Å². The fraction of sp³-hybridized carbons (Fsp3) is 0.308. The Bertz CT molecular complexity index is 991. The van der Waals surface area contributed by atoms with Crippen molar-refractivity contribution < 1.29 is 19.1 Å². The lowest BCUT2D eigenvalue weighted by Crippen LogP contribution is -2.37. The third-order valence-electron chi connectivity index (χ3n) is 6.61. The van der Waals surface area contributed by atoms with Gasteiger partial charge in [-0.25, -0.2) is 4.79 Å². The first-order valence-electron chi connectivity index (χ1n) is 10.3. The van der Waals surface area contributed by atoms with Crippen molar-refractivity contribution in [2.75, 3.05) is 6.61 Å². The molecule has 2 aromatic carbocycles. The molecule has 0 amide bonds. The highest BCUT2D eigenvalue weighted by molar-refractivity contribution is 5.93. The van der Waals surface area contributed by atoms with Gasteiger partial charge in [0.15, 0.2) is 0 Å². The van der Waals surface area contributed by atoms with Gasteiger partial charge in [-0.15, -0.1) is 0 Å². The number of fused-ring (bicyclic) bond motifs is 1. The highest BCUT2D eigenvalue weighted by Crippen LogP contribution is 2.72. The molecule has 0 aliphatic heterocycles. The summed E-state index contributed by atoms with van der Waals surface area (Å²) >= 11 is 0. The van der Waals surface area contributed by atoms with E-state index in [0.717, 1.165) is 17.5 Å². The average Bonchev–Trinajstić information content (AvgIpc) is 3.35. The van der Waals surface area contributed by atoms with Gasteiger partial charge in [0, 0.05) is 11.0 Å². The number of benzene rings is 2. The van der Waals surface area contributed by atoms with Crippen LogP contribution in [-0.4, -0.2) is 18.5 Å². The Morgan fingerprint density at radius 2 is 1.80 bits per heavy atom. The van der Waals surface area contributed by atoms with Gasteiger partial charge in [0.2, 0.25) is 0 Å². The zero-order valence-corrected chi connectivity index (χ0v) is 17.2. The van der Waals surface area contributed by atoms with Crippen LogP contribution in [0.4, 0.5) is 0 Å². The quantitative estimate of drug-likeness (QED) is 0.368. The van der Waals surface area contributed by atoms with Crippen LogP contribution in [-0.2, 0) is 19.7 Å². The van der Waals surface area contributed by atoms with E-state index >= 15 is 0 Å². The molecule has 154 valence electrons. The van der Waals surface area contributed by atoms with Crippen molar-refractivity contribution in [3.63, 3.8) is 0 Å². The molecule has 3 atom stereocenters. The zero-order valence-electron chi connectivity index (χ0n) is 17.2. The molecule has 2 aromatic rings. The summed E-state index contributed by atoms with van der Waals surface area (Å²) in [5.74, 6) is 0.0453. The lowest BCUT2D eigenvalue weighted by atomic mass is 9.74. The molecule has 4 nitrogen and oxygen atoms in total. The fourth-order valence-electron chi connectivity index (χ4n) is 4.94. The fourth-order valence-corrected chi connectivity index (χ4v) is 4.94. The Kier molecular flexibility index (Phi) is 5.10. The van der Waals surface area contributed by atoms with Crippen LogP contribution in [0.15, 0.2) is 73.3 Å². The van der Waals surface area contributed by atoms with Crippen LogP contribution in [0, 0.1) is 11.3 Å². The minimum atomic E-state index is -0.741. The molecule has 3 unspecified atom stereocenters. The molecule has 0 N–H and O–H groups in total. The van der Waals surface area contributed by atoms with Crippen LogP contribution < -0.4 is 4.74 Å². The van der Waals surface area contributed by atoms with E-state index < -0.39 is 16.8 Å². The summed E-state index contributed by atoms with van der Waals surface area (Å²) in [7, 11) is 0. The minimum Gasteiger partial charge on any atom is -0.465 e. The Hall–Kier alpha value is -3.14. The standard InChI is InChI=1S/C26H26O4/c1-4-19-11-13-22(14-12-19)30-23(27)18(3)25-15-21(25)16-26(17-25,24(28)29-5-2)20-9-7-6-8-10-20/h4,6-14,21H,1,3,5,15-17H2,2H3. The summed E-state index contributed by atoms with van der Waals surface area (Å²) in [6, 6.07) is 16.9. The zero-order chi connectivity index (χ0) is 21.4. The van der Waals surface area contributed by atoms with Crippen molar-refractivity contribution in [2.24, 2.45) is 11.3 Å². The van der Waals surface area contributed by atoms with Gasteiger partial charge >= 0.3 is 11.9 Å². The molecule has 0 radical (unpaired) electrons. The number of ether oxygens (including phenoxy) is 2. The normalized spacial score (nSPS) is 26.4. The molecule has 2 fully saturated rings. The van der Waals surface area contributed by atoms with Gasteiger partial charge < -0.3 is 9.47 Å². The Labute approximate surface area is 177 Å². The number of hydrogen-bond acceptors (Lipinski definition) is 4.